The second-order valence-corrected chi connectivity index (χ2v) is 12.7. The lowest BCUT2D eigenvalue weighted by molar-refractivity contribution is -0.111. The number of benzene rings is 1. The van der Waals surface area contributed by atoms with Crippen molar-refractivity contribution in [3.8, 4) is 0 Å². The highest BCUT2D eigenvalue weighted by atomic mass is 32.2. The molecule has 1 aromatic carbocycles. The Bertz CT molecular complexity index is 979. The number of thiophene rings is 1. The molecule has 1 aromatic heterocycles. The maximum absolute atomic E-state index is 13.5. The fourth-order valence-corrected chi connectivity index (χ4v) is 7.15. The van der Waals surface area contributed by atoms with Crippen LogP contribution in [0.1, 0.15) is 54.8 Å². The first kappa shape index (κ1) is 28.1. The number of carbonyl (C=O) groups is 3. The van der Waals surface area contributed by atoms with E-state index in [1.54, 1.807) is 6.07 Å². The number of hydrogen-bond acceptors (Lipinski definition) is 9. The molecule has 2 N–H and O–H groups in total. The number of amides is 1. The lowest BCUT2D eigenvalue weighted by Crippen LogP contribution is -2.08. The van der Waals surface area contributed by atoms with Gasteiger partial charge in [-0.2, -0.15) is 0 Å². The summed E-state index contributed by atoms with van der Waals surface area (Å²) in [5, 5.41) is 0.992. The highest BCUT2D eigenvalue weighted by molar-refractivity contribution is 8.13. The van der Waals surface area contributed by atoms with E-state index in [9.17, 15) is 18.9 Å². The summed E-state index contributed by atoms with van der Waals surface area (Å²) in [6, 6.07) is 7.23. The van der Waals surface area contributed by atoms with E-state index in [2.05, 4.69) is 0 Å². The predicted octanol–water partition coefficient (Wildman–Crippen LogP) is 5.85. The zero-order valence-electron chi connectivity index (χ0n) is 18.9. The summed E-state index contributed by atoms with van der Waals surface area (Å²) >= 11 is 3.63. The van der Waals surface area contributed by atoms with Gasteiger partial charge in [-0.3, -0.25) is 18.9 Å². The van der Waals surface area contributed by atoms with Crippen molar-refractivity contribution in [2.45, 2.75) is 45.7 Å². The van der Waals surface area contributed by atoms with E-state index in [-0.39, 0.29) is 29.6 Å². The molecule has 0 aliphatic heterocycles. The van der Waals surface area contributed by atoms with Crippen molar-refractivity contribution in [1.29, 1.82) is 0 Å². The molecule has 0 aliphatic rings. The summed E-state index contributed by atoms with van der Waals surface area (Å²) in [6.45, 7) is 4.12. The standard InChI is InChI=1S/C22H30NO6PS3/c1-3-5-20(24)31-11-9-28-30(27,29-10-12-32-21(25)6-4-2)15-16-7-8-18-17(13-16)14-19(33-18)22(23)26/h7-8,13-14H,3-6,9-12,15H2,1-2H3,(H2,23,26). The van der Waals surface area contributed by atoms with Crippen LogP contribution in [0.15, 0.2) is 24.3 Å². The van der Waals surface area contributed by atoms with Crippen LogP contribution < -0.4 is 5.73 Å². The van der Waals surface area contributed by atoms with Gasteiger partial charge in [-0.25, -0.2) is 0 Å². The molecule has 182 valence electrons. The zero-order chi connectivity index (χ0) is 24.3. The third kappa shape index (κ3) is 9.92. The first-order valence-electron chi connectivity index (χ1n) is 10.8. The minimum atomic E-state index is -3.52. The molecule has 0 saturated heterocycles. The van der Waals surface area contributed by atoms with Gasteiger partial charge in [0, 0.05) is 29.0 Å². The summed E-state index contributed by atoms with van der Waals surface area (Å²) in [5.74, 6) is 0.295. The van der Waals surface area contributed by atoms with E-state index in [1.165, 1.54) is 11.3 Å². The molecule has 2 aromatic rings. The molecule has 1 heterocycles. The van der Waals surface area contributed by atoms with Crippen LogP contribution in [0.3, 0.4) is 0 Å². The molecule has 11 heteroatoms. The Labute approximate surface area is 207 Å². The van der Waals surface area contributed by atoms with Crippen LogP contribution in [0, 0.1) is 0 Å². The van der Waals surface area contributed by atoms with Gasteiger partial charge in [-0.1, -0.05) is 43.4 Å². The van der Waals surface area contributed by atoms with E-state index in [4.69, 9.17) is 14.8 Å². The lowest BCUT2D eigenvalue weighted by Gasteiger charge is -2.19. The number of hydrogen-bond donors (Lipinski definition) is 1. The molecule has 0 spiro atoms. The van der Waals surface area contributed by atoms with Crippen molar-refractivity contribution in [2.75, 3.05) is 24.7 Å². The molecule has 7 nitrogen and oxygen atoms in total. The normalized spacial score (nSPS) is 11.7. The average Bonchev–Trinajstić information content (AvgIpc) is 3.19. The molecule has 2 rings (SSSR count). The second-order valence-electron chi connectivity index (χ2n) is 7.22. The van der Waals surface area contributed by atoms with Gasteiger partial charge in [-0.05, 0) is 42.0 Å². The predicted molar refractivity (Wildman–Crippen MR) is 138 cm³/mol. The maximum atomic E-state index is 13.5. The summed E-state index contributed by atoms with van der Waals surface area (Å²) in [5.41, 5.74) is 6.11. The molecular formula is C22H30NO6PS3. The van der Waals surface area contributed by atoms with E-state index in [1.807, 2.05) is 32.0 Å². The van der Waals surface area contributed by atoms with Crippen LogP contribution in [-0.2, 0) is 29.4 Å². The number of primary amides is 1. The summed E-state index contributed by atoms with van der Waals surface area (Å²) < 4.78 is 25.7. The molecule has 33 heavy (non-hydrogen) atoms. The molecule has 0 aliphatic carbocycles. The number of rotatable bonds is 15. The summed E-state index contributed by atoms with van der Waals surface area (Å²) in [7, 11) is -3.52. The molecular weight excluding hydrogens is 501 g/mol. The molecule has 0 bridgehead atoms. The van der Waals surface area contributed by atoms with E-state index in [0.717, 1.165) is 52.0 Å². The Morgan fingerprint density at radius 2 is 1.55 bits per heavy atom. The van der Waals surface area contributed by atoms with Gasteiger partial charge in [0.2, 0.25) is 0 Å². The van der Waals surface area contributed by atoms with E-state index < -0.39 is 13.5 Å². The van der Waals surface area contributed by atoms with Crippen LogP contribution in [0.2, 0.25) is 0 Å². The van der Waals surface area contributed by atoms with Crippen molar-refractivity contribution in [1.82, 2.24) is 0 Å². The number of nitrogens with two attached hydrogens (primary N) is 1. The van der Waals surface area contributed by atoms with Gasteiger partial charge in [0.1, 0.15) is 0 Å². The lowest BCUT2D eigenvalue weighted by atomic mass is 10.2. The van der Waals surface area contributed by atoms with Crippen LogP contribution >= 0.6 is 42.5 Å². The van der Waals surface area contributed by atoms with Crippen molar-refractivity contribution in [3.63, 3.8) is 0 Å². The van der Waals surface area contributed by atoms with Crippen molar-refractivity contribution in [3.05, 3.63) is 34.7 Å². The van der Waals surface area contributed by atoms with Gasteiger partial charge in [-0.15, -0.1) is 11.3 Å². The first-order chi connectivity index (χ1) is 15.8. The summed E-state index contributed by atoms with van der Waals surface area (Å²) in [6.07, 6.45) is 2.61. The van der Waals surface area contributed by atoms with Crippen LogP contribution in [0.5, 0.6) is 0 Å². The fourth-order valence-electron chi connectivity index (χ4n) is 2.88. The average molecular weight is 532 g/mol. The minimum absolute atomic E-state index is 0.0475. The smallest absolute Gasteiger partial charge is 0.335 e. The Hall–Kier alpha value is -1.16. The quantitative estimate of drug-likeness (QED) is 0.225. The molecule has 0 atom stereocenters. The topological polar surface area (TPSA) is 113 Å². The Balaban J connectivity index is 2.04. The van der Waals surface area contributed by atoms with Gasteiger partial charge < -0.3 is 14.8 Å². The van der Waals surface area contributed by atoms with E-state index >= 15 is 0 Å². The van der Waals surface area contributed by atoms with Crippen molar-refractivity contribution in [2.24, 2.45) is 5.73 Å². The van der Waals surface area contributed by atoms with E-state index in [0.29, 0.717) is 29.2 Å². The molecule has 0 radical (unpaired) electrons. The van der Waals surface area contributed by atoms with Crippen molar-refractivity contribution >= 4 is 68.7 Å². The van der Waals surface area contributed by atoms with Crippen LogP contribution in [0.4, 0.5) is 0 Å². The number of thioether (sulfide) groups is 2. The Morgan fingerprint density at radius 1 is 0.970 bits per heavy atom. The molecule has 0 unspecified atom stereocenters. The van der Waals surface area contributed by atoms with Crippen LogP contribution in [-0.4, -0.2) is 40.9 Å². The molecule has 1 amide bonds. The van der Waals surface area contributed by atoms with Gasteiger partial charge >= 0.3 is 7.60 Å². The van der Waals surface area contributed by atoms with Gasteiger partial charge in [0.15, 0.2) is 10.2 Å². The van der Waals surface area contributed by atoms with Crippen molar-refractivity contribution < 1.29 is 28.0 Å². The van der Waals surface area contributed by atoms with Gasteiger partial charge in [0.25, 0.3) is 5.91 Å². The molecule has 0 fully saturated rings. The van der Waals surface area contributed by atoms with Gasteiger partial charge in [0.05, 0.1) is 24.3 Å². The largest absolute Gasteiger partial charge is 0.365 e. The highest BCUT2D eigenvalue weighted by Crippen LogP contribution is 2.52. The highest BCUT2D eigenvalue weighted by Gasteiger charge is 2.26. The summed E-state index contributed by atoms with van der Waals surface area (Å²) in [4.78, 5) is 35.3. The Morgan fingerprint density at radius 3 is 2.06 bits per heavy atom. The molecule has 0 saturated carbocycles. The maximum Gasteiger partial charge on any atom is 0.335 e. The second kappa shape index (κ2) is 14.3. The minimum Gasteiger partial charge on any atom is -0.365 e. The third-order valence-corrected chi connectivity index (χ3v) is 9.21. The Kier molecular flexibility index (Phi) is 12.2. The van der Waals surface area contributed by atoms with Crippen LogP contribution in [0.25, 0.3) is 10.1 Å². The number of fused-ring (bicyclic) bond motifs is 1. The first-order valence-corrected chi connectivity index (χ1v) is 15.3. The monoisotopic (exact) mass is 531 g/mol. The number of carbonyl (C=O) groups excluding carboxylic acids is 3. The SMILES string of the molecule is CCCC(=O)SCCOP(=O)(Cc1ccc2sc(C(N)=O)cc2c1)OCCSC(=O)CCC. The fraction of sp³-hybridized carbons (Fsp3) is 0.500. The third-order valence-electron chi connectivity index (χ3n) is 4.38. The zero-order valence-corrected chi connectivity index (χ0v) is 22.2.